The summed E-state index contributed by atoms with van der Waals surface area (Å²) in [6, 6.07) is 0. The van der Waals surface area contributed by atoms with Crippen molar-refractivity contribution >= 4 is 5.91 Å². The molecule has 2 heterocycles. The van der Waals surface area contributed by atoms with Crippen LogP contribution in [0.15, 0.2) is 0 Å². The highest BCUT2D eigenvalue weighted by Crippen LogP contribution is 2.31. The van der Waals surface area contributed by atoms with Gasteiger partial charge in [-0.05, 0) is 6.92 Å². The summed E-state index contributed by atoms with van der Waals surface area (Å²) < 4.78 is 5.27. The fraction of sp³-hybridized carbons (Fsp3) is 0.769. The van der Waals surface area contributed by atoms with Gasteiger partial charge in [-0.25, -0.2) is 4.98 Å². The molecule has 0 unspecified atom stereocenters. The third-order valence-corrected chi connectivity index (χ3v) is 3.57. The summed E-state index contributed by atoms with van der Waals surface area (Å²) in [5, 5.41) is 7.11. The number of likely N-dealkylation sites (tertiary alicyclic amines) is 1. The zero-order valence-corrected chi connectivity index (χ0v) is 12.0. The molecular formula is C13H22N4O2. The monoisotopic (exact) mass is 266 g/mol. The van der Waals surface area contributed by atoms with Gasteiger partial charge in [0.25, 0.3) is 0 Å². The number of carbonyl (C=O) groups excluding carboxylic acids is 1. The first-order valence-electron chi connectivity index (χ1n) is 6.69. The average molecular weight is 266 g/mol. The van der Waals surface area contributed by atoms with E-state index in [9.17, 15) is 4.79 Å². The van der Waals surface area contributed by atoms with Gasteiger partial charge in [-0.3, -0.25) is 9.89 Å². The van der Waals surface area contributed by atoms with Crippen molar-refractivity contribution in [3.63, 3.8) is 0 Å². The highest BCUT2D eigenvalue weighted by Gasteiger charge is 2.38. The van der Waals surface area contributed by atoms with E-state index in [0.717, 1.165) is 18.2 Å². The van der Waals surface area contributed by atoms with Crippen molar-refractivity contribution in [3.8, 4) is 0 Å². The van der Waals surface area contributed by atoms with Gasteiger partial charge in [-0.2, -0.15) is 5.10 Å². The maximum Gasteiger partial charge on any atom is 0.225 e. The summed E-state index contributed by atoms with van der Waals surface area (Å²) in [5.74, 6) is 2.24. The lowest BCUT2D eigenvalue weighted by atomic mass is 9.96. The third kappa shape index (κ3) is 2.94. The summed E-state index contributed by atoms with van der Waals surface area (Å²) in [7, 11) is 1.69. The number of aromatic nitrogens is 3. The van der Waals surface area contributed by atoms with E-state index in [0.29, 0.717) is 13.2 Å². The molecule has 1 aliphatic heterocycles. The van der Waals surface area contributed by atoms with Gasteiger partial charge >= 0.3 is 0 Å². The first-order valence-corrected chi connectivity index (χ1v) is 6.69. The van der Waals surface area contributed by atoms with Gasteiger partial charge in [-0.15, -0.1) is 0 Å². The zero-order chi connectivity index (χ0) is 14.0. The minimum absolute atomic E-state index is 0.0239. The molecule has 0 aliphatic carbocycles. The summed E-state index contributed by atoms with van der Waals surface area (Å²) in [6.45, 7) is 7.77. The second kappa shape index (κ2) is 5.69. The fourth-order valence-electron chi connectivity index (χ4n) is 2.62. The number of ether oxygens (including phenoxy) is 1. The number of hydrogen-bond donors (Lipinski definition) is 1. The van der Waals surface area contributed by atoms with Gasteiger partial charge in [0, 0.05) is 38.0 Å². The molecule has 1 aromatic rings. The van der Waals surface area contributed by atoms with Crippen molar-refractivity contribution < 1.29 is 9.53 Å². The van der Waals surface area contributed by atoms with Gasteiger partial charge in [0.05, 0.1) is 6.61 Å². The smallest absolute Gasteiger partial charge is 0.225 e. The molecule has 0 radical (unpaired) electrons. The Morgan fingerprint density at radius 1 is 1.53 bits per heavy atom. The summed E-state index contributed by atoms with van der Waals surface area (Å²) in [6.07, 6.45) is 0. The minimum atomic E-state index is 0.0239. The van der Waals surface area contributed by atoms with Crippen LogP contribution in [0.1, 0.15) is 31.4 Å². The van der Waals surface area contributed by atoms with Crippen molar-refractivity contribution in [2.75, 3.05) is 26.8 Å². The van der Waals surface area contributed by atoms with Gasteiger partial charge in [0.15, 0.2) is 5.82 Å². The molecule has 1 aliphatic rings. The molecule has 0 aromatic carbocycles. The van der Waals surface area contributed by atoms with Crippen LogP contribution in [-0.2, 0) is 9.53 Å². The Morgan fingerprint density at radius 2 is 2.26 bits per heavy atom. The minimum Gasteiger partial charge on any atom is -0.384 e. The number of aromatic amines is 1. The topological polar surface area (TPSA) is 71.1 Å². The fourth-order valence-corrected chi connectivity index (χ4v) is 2.62. The second-order valence-electron chi connectivity index (χ2n) is 5.50. The predicted octanol–water partition coefficient (Wildman–Crippen LogP) is 0.958. The number of aryl methyl sites for hydroxylation is 1. The van der Waals surface area contributed by atoms with Gasteiger partial charge in [0.1, 0.15) is 5.82 Å². The SMILES string of the molecule is COC[C@@H]1CN(C(=O)C(C)C)C[C@H]1c1n[nH]c(C)n1. The Balaban J connectivity index is 2.14. The molecule has 1 amide bonds. The van der Waals surface area contributed by atoms with Gasteiger partial charge in [-0.1, -0.05) is 13.8 Å². The third-order valence-electron chi connectivity index (χ3n) is 3.57. The normalized spacial score (nSPS) is 23.3. The van der Waals surface area contributed by atoms with Crippen molar-refractivity contribution in [2.45, 2.75) is 26.7 Å². The molecular weight excluding hydrogens is 244 g/mol. The van der Waals surface area contributed by atoms with Crippen LogP contribution < -0.4 is 0 Å². The molecule has 1 saturated heterocycles. The molecule has 1 fully saturated rings. The highest BCUT2D eigenvalue weighted by molar-refractivity contribution is 5.78. The lowest BCUT2D eigenvalue weighted by Gasteiger charge is -2.18. The molecule has 0 spiro atoms. The van der Waals surface area contributed by atoms with E-state index in [1.54, 1.807) is 7.11 Å². The van der Waals surface area contributed by atoms with Crippen LogP contribution in [0.5, 0.6) is 0 Å². The predicted molar refractivity (Wildman–Crippen MR) is 70.6 cm³/mol. The Kier molecular flexibility index (Phi) is 4.19. The van der Waals surface area contributed by atoms with Crippen molar-refractivity contribution in [1.29, 1.82) is 0 Å². The molecule has 6 heteroatoms. The second-order valence-corrected chi connectivity index (χ2v) is 5.50. The molecule has 0 saturated carbocycles. The summed E-state index contributed by atoms with van der Waals surface area (Å²) >= 11 is 0. The van der Waals surface area contributed by atoms with Crippen LogP contribution in [0.2, 0.25) is 0 Å². The molecule has 19 heavy (non-hydrogen) atoms. The van der Waals surface area contributed by atoms with Crippen LogP contribution in [0.3, 0.4) is 0 Å². The Hall–Kier alpha value is -1.43. The molecule has 1 N–H and O–H groups in total. The van der Waals surface area contributed by atoms with Crippen LogP contribution in [0.4, 0.5) is 0 Å². The van der Waals surface area contributed by atoms with Crippen LogP contribution in [0.25, 0.3) is 0 Å². The van der Waals surface area contributed by atoms with E-state index in [2.05, 4.69) is 15.2 Å². The highest BCUT2D eigenvalue weighted by atomic mass is 16.5. The van der Waals surface area contributed by atoms with Crippen LogP contribution in [0, 0.1) is 18.8 Å². The van der Waals surface area contributed by atoms with E-state index in [4.69, 9.17) is 4.74 Å². The molecule has 6 nitrogen and oxygen atoms in total. The first-order chi connectivity index (χ1) is 9.02. The Bertz CT molecular complexity index is 444. The largest absolute Gasteiger partial charge is 0.384 e. The molecule has 2 atom stereocenters. The van der Waals surface area contributed by atoms with E-state index in [-0.39, 0.29) is 23.7 Å². The van der Waals surface area contributed by atoms with Crippen molar-refractivity contribution in [1.82, 2.24) is 20.1 Å². The summed E-state index contributed by atoms with van der Waals surface area (Å²) in [4.78, 5) is 18.4. The van der Waals surface area contributed by atoms with Crippen molar-refractivity contribution in [3.05, 3.63) is 11.6 Å². The summed E-state index contributed by atoms with van der Waals surface area (Å²) in [5.41, 5.74) is 0. The number of H-pyrrole nitrogens is 1. The number of nitrogens with one attached hydrogen (secondary N) is 1. The van der Waals surface area contributed by atoms with E-state index in [1.165, 1.54) is 0 Å². The standard InChI is InChI=1S/C13H22N4O2/c1-8(2)13(18)17-5-10(7-19-4)11(6-17)12-14-9(3)15-16-12/h8,10-11H,5-7H2,1-4H3,(H,14,15,16)/t10-,11+/m0/s1. The van der Waals surface area contributed by atoms with Gasteiger partial charge in [0.2, 0.25) is 5.91 Å². The molecule has 2 rings (SSSR count). The molecule has 0 bridgehead atoms. The lowest BCUT2D eigenvalue weighted by molar-refractivity contribution is -0.133. The van der Waals surface area contributed by atoms with Crippen LogP contribution >= 0.6 is 0 Å². The Morgan fingerprint density at radius 3 is 2.79 bits per heavy atom. The zero-order valence-electron chi connectivity index (χ0n) is 12.0. The maximum atomic E-state index is 12.1. The molecule has 1 aromatic heterocycles. The van der Waals surface area contributed by atoms with E-state index >= 15 is 0 Å². The Labute approximate surface area is 113 Å². The number of nitrogens with zero attached hydrogens (tertiary/aromatic N) is 3. The number of methoxy groups -OCH3 is 1. The van der Waals surface area contributed by atoms with E-state index in [1.807, 2.05) is 25.7 Å². The van der Waals surface area contributed by atoms with Gasteiger partial charge < -0.3 is 9.64 Å². The molecule has 106 valence electrons. The lowest BCUT2D eigenvalue weighted by Crippen LogP contribution is -2.32. The quantitative estimate of drug-likeness (QED) is 0.881. The number of amides is 1. The van der Waals surface area contributed by atoms with Crippen molar-refractivity contribution in [2.24, 2.45) is 11.8 Å². The number of hydrogen-bond acceptors (Lipinski definition) is 4. The van der Waals surface area contributed by atoms with Crippen LogP contribution in [-0.4, -0.2) is 52.8 Å². The number of carbonyl (C=O) groups is 1. The average Bonchev–Trinajstić information content (AvgIpc) is 2.95. The number of rotatable bonds is 4. The maximum absolute atomic E-state index is 12.1. The first kappa shape index (κ1) is 14.0. The van der Waals surface area contributed by atoms with E-state index < -0.39 is 0 Å².